The molecule has 3 saturated heterocycles. The molecule has 0 aliphatic carbocycles. The average Bonchev–Trinajstić information content (AvgIpc) is 3.51. The molecule has 7 nitrogen and oxygen atoms in total. The summed E-state index contributed by atoms with van der Waals surface area (Å²) >= 11 is 2.72. The molecule has 3 aliphatic rings. The molecule has 0 aromatic carbocycles. The van der Waals surface area contributed by atoms with Crippen molar-refractivity contribution in [1.29, 1.82) is 0 Å². The summed E-state index contributed by atoms with van der Waals surface area (Å²) in [5.41, 5.74) is -2.28. The first-order valence-corrected chi connectivity index (χ1v) is 13.7. The molecule has 5 rings (SSSR count). The smallest absolute Gasteiger partial charge is 0.407 e. The van der Waals surface area contributed by atoms with Crippen molar-refractivity contribution in [2.24, 2.45) is 5.92 Å². The molecule has 0 saturated carbocycles. The van der Waals surface area contributed by atoms with Gasteiger partial charge in [-0.3, -0.25) is 0 Å². The number of carbonyl (C=O) groups excluding carboxylic acids is 2. The van der Waals surface area contributed by atoms with Crippen LogP contribution in [0.5, 0.6) is 0 Å². The summed E-state index contributed by atoms with van der Waals surface area (Å²) in [6, 6.07) is 7.25. The number of esters is 1. The Morgan fingerprint density at radius 1 is 1.11 bits per heavy atom. The predicted octanol–water partition coefficient (Wildman–Crippen LogP) is 1.12. The summed E-state index contributed by atoms with van der Waals surface area (Å²) in [7, 11) is 0. The molecular formula is C25H35BrN2O5S2. The number of quaternary nitrogens is 1. The van der Waals surface area contributed by atoms with Gasteiger partial charge in [0.2, 0.25) is 5.60 Å². The highest BCUT2D eigenvalue weighted by Gasteiger charge is 2.51. The van der Waals surface area contributed by atoms with Crippen LogP contribution in [0.25, 0.3) is 0 Å². The lowest BCUT2D eigenvalue weighted by atomic mass is 9.83. The lowest BCUT2D eigenvalue weighted by Crippen LogP contribution is -3.00. The van der Waals surface area contributed by atoms with E-state index in [1.54, 1.807) is 12.1 Å². The standard InChI is InChI=1S/C25H34N2O5S2.BrH/c1-24(2,3)32-23(29)26-11-6-12-27-13-9-18(10-14-27)19(17-27)31-22(28)25(30,20-7-4-15-33-20)21-8-5-16-34-21;/h4-5,7-8,15-16,18-19,30H,6,9-14,17H2,1-3H3;1H/t18?,19-,27?;/m0./s1. The number of hydrogen-bond acceptors (Lipinski definition) is 7. The fourth-order valence-corrected chi connectivity index (χ4v) is 6.82. The van der Waals surface area contributed by atoms with Crippen LogP contribution < -0.4 is 22.3 Å². The zero-order valence-corrected chi connectivity index (χ0v) is 23.7. The molecule has 3 fully saturated rings. The van der Waals surface area contributed by atoms with Gasteiger partial charge in [0.25, 0.3) is 0 Å². The Balaban J connectivity index is 0.00000342. The van der Waals surface area contributed by atoms with Crippen molar-refractivity contribution in [3.63, 3.8) is 0 Å². The molecule has 3 aliphatic heterocycles. The van der Waals surface area contributed by atoms with Crippen molar-refractivity contribution >= 4 is 34.7 Å². The van der Waals surface area contributed by atoms with E-state index in [0.29, 0.717) is 22.2 Å². The lowest BCUT2D eigenvalue weighted by Gasteiger charge is -2.52. The van der Waals surface area contributed by atoms with Crippen LogP contribution >= 0.6 is 22.7 Å². The van der Waals surface area contributed by atoms with Crippen molar-refractivity contribution in [1.82, 2.24) is 5.32 Å². The number of nitrogens with zero attached hydrogens (tertiary/aromatic N) is 1. The molecule has 0 unspecified atom stereocenters. The van der Waals surface area contributed by atoms with Gasteiger partial charge in [-0.15, -0.1) is 22.7 Å². The molecule has 194 valence electrons. The largest absolute Gasteiger partial charge is 1.00 e. The maximum atomic E-state index is 13.4. The Morgan fingerprint density at radius 3 is 2.23 bits per heavy atom. The number of halogens is 1. The van der Waals surface area contributed by atoms with Crippen LogP contribution in [0, 0.1) is 5.92 Å². The maximum absolute atomic E-state index is 13.4. The van der Waals surface area contributed by atoms with E-state index in [0.717, 1.165) is 49.9 Å². The fraction of sp³-hybridized carbons (Fsp3) is 0.600. The third-order valence-electron chi connectivity index (χ3n) is 6.83. The number of ether oxygens (including phenoxy) is 2. The Bertz CT molecular complexity index is 932. The number of hydrogen-bond donors (Lipinski definition) is 2. The SMILES string of the molecule is CC(C)(C)OC(=O)NCCC[N+]12CCC(CC1)[C@@H](OC(=O)C(O)(c1cccs1)c1cccs1)C2.[Br-]. The zero-order valence-electron chi connectivity index (χ0n) is 20.5. The van der Waals surface area contributed by atoms with Gasteiger partial charge >= 0.3 is 12.1 Å². The summed E-state index contributed by atoms with van der Waals surface area (Å²) in [5.74, 6) is -0.249. The molecule has 2 N–H and O–H groups in total. The number of aliphatic hydroxyl groups is 1. The van der Waals surface area contributed by atoms with E-state index < -0.39 is 23.3 Å². The Kier molecular flexibility index (Phi) is 9.07. The zero-order chi connectivity index (χ0) is 24.4. The number of carbonyl (C=O) groups is 2. The van der Waals surface area contributed by atoms with Crippen LogP contribution in [0.3, 0.4) is 0 Å². The third-order valence-corrected chi connectivity index (χ3v) is 8.79. The number of thiophene rings is 2. The van der Waals surface area contributed by atoms with E-state index in [-0.39, 0.29) is 23.1 Å². The molecular weight excluding hydrogens is 552 g/mol. The van der Waals surface area contributed by atoms with Gasteiger partial charge in [-0.05, 0) is 43.7 Å². The van der Waals surface area contributed by atoms with Crippen LogP contribution in [0.2, 0.25) is 0 Å². The second-order valence-corrected chi connectivity index (χ2v) is 12.3. The van der Waals surface area contributed by atoms with Gasteiger partial charge in [-0.1, -0.05) is 12.1 Å². The minimum atomic E-state index is -1.77. The van der Waals surface area contributed by atoms with Crippen molar-refractivity contribution in [2.75, 3.05) is 32.7 Å². The molecule has 0 radical (unpaired) electrons. The van der Waals surface area contributed by atoms with Crippen LogP contribution in [-0.2, 0) is 19.9 Å². The molecule has 35 heavy (non-hydrogen) atoms. The van der Waals surface area contributed by atoms with Gasteiger partial charge in [0.15, 0.2) is 6.10 Å². The van der Waals surface area contributed by atoms with Gasteiger partial charge in [-0.2, -0.15) is 0 Å². The first-order chi connectivity index (χ1) is 16.1. The maximum Gasteiger partial charge on any atom is 0.407 e. The minimum absolute atomic E-state index is 0. The van der Waals surface area contributed by atoms with Crippen LogP contribution in [-0.4, -0.2) is 66.1 Å². The van der Waals surface area contributed by atoms with Crippen molar-refractivity contribution < 1.29 is 45.6 Å². The second-order valence-electron chi connectivity index (χ2n) is 10.4. The van der Waals surface area contributed by atoms with Crippen LogP contribution in [0.1, 0.15) is 49.8 Å². The Labute approximate surface area is 225 Å². The number of rotatable bonds is 8. The highest BCUT2D eigenvalue weighted by atomic mass is 79.9. The van der Waals surface area contributed by atoms with Gasteiger partial charge in [0.05, 0.1) is 29.4 Å². The normalized spacial score (nSPS) is 23.9. The van der Waals surface area contributed by atoms with E-state index >= 15 is 0 Å². The first kappa shape index (κ1) is 28.1. The molecule has 2 bridgehead atoms. The van der Waals surface area contributed by atoms with E-state index in [1.807, 2.05) is 43.7 Å². The highest BCUT2D eigenvalue weighted by molar-refractivity contribution is 7.12. The molecule has 1 amide bonds. The predicted molar refractivity (Wildman–Crippen MR) is 133 cm³/mol. The van der Waals surface area contributed by atoms with E-state index in [1.165, 1.54) is 22.7 Å². The average molecular weight is 588 g/mol. The van der Waals surface area contributed by atoms with Crippen molar-refractivity contribution in [2.45, 2.75) is 57.3 Å². The van der Waals surface area contributed by atoms with E-state index in [9.17, 15) is 14.7 Å². The number of piperidine rings is 3. The molecule has 10 heteroatoms. The molecule has 2 aromatic rings. The van der Waals surface area contributed by atoms with E-state index in [2.05, 4.69) is 5.32 Å². The Hall–Kier alpha value is -1.46. The van der Waals surface area contributed by atoms with E-state index in [4.69, 9.17) is 9.47 Å². The number of fused-ring (bicyclic) bond motifs is 3. The molecule has 2 aromatic heterocycles. The summed E-state index contributed by atoms with van der Waals surface area (Å²) in [5, 5.41) is 18.1. The monoisotopic (exact) mass is 586 g/mol. The topological polar surface area (TPSA) is 84.9 Å². The minimum Gasteiger partial charge on any atom is -1.00 e. The Morgan fingerprint density at radius 2 is 1.71 bits per heavy atom. The number of amides is 1. The quantitative estimate of drug-likeness (QED) is 0.275. The van der Waals surface area contributed by atoms with Gasteiger partial charge < -0.3 is 41.4 Å². The van der Waals surface area contributed by atoms with Crippen LogP contribution in [0.15, 0.2) is 35.0 Å². The fourth-order valence-electron chi connectivity index (χ4n) is 5.10. The molecule has 5 heterocycles. The summed E-state index contributed by atoms with van der Waals surface area (Å²) in [4.78, 5) is 26.5. The van der Waals surface area contributed by atoms with Crippen molar-refractivity contribution in [3.8, 4) is 0 Å². The second kappa shape index (κ2) is 11.3. The molecule has 0 spiro atoms. The van der Waals surface area contributed by atoms with Crippen molar-refractivity contribution in [3.05, 3.63) is 44.8 Å². The number of alkyl carbamates (subject to hydrolysis) is 1. The van der Waals surface area contributed by atoms with Crippen LogP contribution in [0.4, 0.5) is 4.79 Å². The lowest BCUT2D eigenvalue weighted by molar-refractivity contribution is -0.946. The molecule has 1 atom stereocenters. The van der Waals surface area contributed by atoms with Gasteiger partial charge in [0, 0.05) is 31.7 Å². The third kappa shape index (κ3) is 6.46. The van der Waals surface area contributed by atoms with Gasteiger partial charge in [-0.25, -0.2) is 9.59 Å². The highest BCUT2D eigenvalue weighted by Crippen LogP contribution is 2.40. The summed E-state index contributed by atoms with van der Waals surface area (Å²) in [6.07, 6.45) is 2.25. The first-order valence-electron chi connectivity index (χ1n) is 11.9. The number of nitrogens with one attached hydrogen (secondary N) is 1. The summed E-state index contributed by atoms with van der Waals surface area (Å²) in [6.45, 7) is 9.90. The summed E-state index contributed by atoms with van der Waals surface area (Å²) < 4.78 is 12.3. The van der Waals surface area contributed by atoms with Gasteiger partial charge in [0.1, 0.15) is 12.1 Å².